The number of hydrogen-bond donors (Lipinski definition) is 1. The molecule has 0 radical (unpaired) electrons. The van der Waals surface area contributed by atoms with Crippen molar-refractivity contribution in [1.82, 2.24) is 4.90 Å². The summed E-state index contributed by atoms with van der Waals surface area (Å²) >= 11 is 1.69. The Morgan fingerprint density at radius 3 is 2.47 bits per heavy atom. The molecule has 0 saturated carbocycles. The van der Waals surface area contributed by atoms with Gasteiger partial charge in [-0.15, -0.1) is 0 Å². The summed E-state index contributed by atoms with van der Waals surface area (Å²) in [7, 11) is 0. The van der Waals surface area contributed by atoms with Crippen LogP contribution in [0.3, 0.4) is 0 Å². The molecule has 0 saturated heterocycles. The van der Waals surface area contributed by atoms with Gasteiger partial charge in [0.15, 0.2) is 0 Å². The van der Waals surface area contributed by atoms with Gasteiger partial charge in [0.25, 0.3) is 0 Å². The molecule has 0 heterocycles. The predicted octanol–water partition coefficient (Wildman–Crippen LogP) is 1.45. The Kier molecular flexibility index (Phi) is 7.21. The normalized spacial score (nSPS) is 12.5. The quantitative estimate of drug-likeness (QED) is 0.509. The third kappa shape index (κ3) is 5.06. The molecule has 1 unspecified atom stereocenters. The van der Waals surface area contributed by atoms with Gasteiger partial charge >= 0.3 is 5.97 Å². The Morgan fingerprint density at radius 1 is 1.53 bits per heavy atom. The van der Waals surface area contributed by atoms with Crippen molar-refractivity contribution >= 4 is 24.1 Å². The summed E-state index contributed by atoms with van der Waals surface area (Å²) in [5, 5.41) is 9.01. The predicted molar refractivity (Wildman–Crippen MR) is 62.1 cm³/mol. The van der Waals surface area contributed by atoms with E-state index >= 15 is 0 Å². The summed E-state index contributed by atoms with van der Waals surface area (Å²) < 4.78 is 0. The van der Waals surface area contributed by atoms with Crippen LogP contribution < -0.4 is 0 Å². The number of amides is 1. The number of carbonyl (C=O) groups is 2. The number of hydrogen-bond acceptors (Lipinski definition) is 3. The topological polar surface area (TPSA) is 57.6 Å². The third-order valence-electron chi connectivity index (χ3n) is 2.10. The minimum atomic E-state index is -0.924. The van der Waals surface area contributed by atoms with Crippen molar-refractivity contribution in [2.75, 3.05) is 11.5 Å². The highest BCUT2D eigenvalue weighted by atomic mass is 32.2. The first kappa shape index (κ1) is 14.3. The highest BCUT2D eigenvalue weighted by Crippen LogP contribution is 2.11. The van der Waals surface area contributed by atoms with Gasteiger partial charge in [-0.05, 0) is 31.8 Å². The van der Waals surface area contributed by atoms with Crippen LogP contribution in [-0.2, 0) is 9.59 Å². The number of rotatable bonds is 8. The van der Waals surface area contributed by atoms with Gasteiger partial charge in [-0.25, -0.2) is 4.79 Å². The van der Waals surface area contributed by atoms with Crippen LogP contribution in [0.5, 0.6) is 0 Å². The van der Waals surface area contributed by atoms with E-state index in [0.29, 0.717) is 12.8 Å². The van der Waals surface area contributed by atoms with Crippen molar-refractivity contribution in [3.8, 4) is 0 Å². The molecule has 0 aliphatic rings. The molecule has 0 aliphatic carbocycles. The van der Waals surface area contributed by atoms with E-state index in [0.717, 1.165) is 11.5 Å². The van der Waals surface area contributed by atoms with Crippen molar-refractivity contribution in [3.05, 3.63) is 0 Å². The van der Waals surface area contributed by atoms with E-state index < -0.39 is 12.0 Å². The number of carboxylic acids is 1. The van der Waals surface area contributed by atoms with Crippen molar-refractivity contribution in [3.63, 3.8) is 0 Å². The summed E-state index contributed by atoms with van der Waals surface area (Å²) in [6.45, 7) is 5.66. The molecule has 0 bridgehead atoms. The van der Waals surface area contributed by atoms with Gasteiger partial charge in [-0.2, -0.15) is 11.8 Å². The Bertz CT molecular complexity index is 209. The first-order valence-corrected chi connectivity index (χ1v) is 6.23. The molecule has 1 N–H and O–H groups in total. The van der Waals surface area contributed by atoms with Crippen LogP contribution in [0.2, 0.25) is 0 Å². The zero-order valence-corrected chi connectivity index (χ0v) is 10.3. The fourth-order valence-corrected chi connectivity index (χ4v) is 1.97. The lowest BCUT2D eigenvalue weighted by Gasteiger charge is -2.28. The van der Waals surface area contributed by atoms with E-state index in [2.05, 4.69) is 0 Å². The maximum atomic E-state index is 11.0. The van der Waals surface area contributed by atoms with Crippen molar-refractivity contribution in [2.45, 2.75) is 39.3 Å². The largest absolute Gasteiger partial charge is 0.480 e. The molecule has 0 spiro atoms. The maximum Gasteiger partial charge on any atom is 0.326 e. The van der Waals surface area contributed by atoms with E-state index in [1.165, 1.54) is 4.90 Å². The van der Waals surface area contributed by atoms with Crippen molar-refractivity contribution in [1.29, 1.82) is 0 Å². The molecule has 0 aromatic heterocycles. The van der Waals surface area contributed by atoms with Crippen LogP contribution >= 0.6 is 11.8 Å². The molecule has 15 heavy (non-hydrogen) atoms. The number of carboxylic acid groups (broad SMARTS) is 1. The van der Waals surface area contributed by atoms with E-state index in [9.17, 15) is 9.59 Å². The molecule has 1 amide bonds. The molecule has 5 heteroatoms. The van der Waals surface area contributed by atoms with Gasteiger partial charge in [-0.1, -0.05) is 6.92 Å². The maximum absolute atomic E-state index is 11.0. The molecule has 88 valence electrons. The minimum Gasteiger partial charge on any atom is -0.480 e. The van der Waals surface area contributed by atoms with Gasteiger partial charge < -0.3 is 10.0 Å². The second-order valence-corrected chi connectivity index (χ2v) is 4.88. The summed E-state index contributed by atoms with van der Waals surface area (Å²) in [6.07, 6.45) is 1.13. The number of carbonyl (C=O) groups excluding carboxylic acids is 1. The van der Waals surface area contributed by atoms with Crippen molar-refractivity contribution < 1.29 is 14.7 Å². The second-order valence-electron chi connectivity index (χ2n) is 3.49. The number of aliphatic carboxylic acids is 1. The molecular weight excluding hydrogens is 214 g/mol. The Morgan fingerprint density at radius 2 is 2.13 bits per heavy atom. The highest BCUT2D eigenvalue weighted by Gasteiger charge is 2.25. The zero-order chi connectivity index (χ0) is 11.8. The average Bonchev–Trinajstić information content (AvgIpc) is 2.16. The molecular formula is C10H19NO3S. The Labute approximate surface area is 95.0 Å². The lowest BCUT2D eigenvalue weighted by molar-refractivity contribution is -0.147. The van der Waals surface area contributed by atoms with Gasteiger partial charge in [0.1, 0.15) is 6.04 Å². The third-order valence-corrected chi connectivity index (χ3v) is 3.04. The standard InChI is InChI=1S/C10H19NO3S/c1-4-15-6-5-9(10(13)14)11(7-12)8(2)3/h7-9H,4-6H2,1-3H3,(H,13,14). The molecule has 4 nitrogen and oxygen atoms in total. The summed E-state index contributed by atoms with van der Waals surface area (Å²) in [6, 6.07) is -0.767. The fourth-order valence-electron chi connectivity index (χ4n) is 1.29. The molecule has 0 rings (SSSR count). The fraction of sp³-hybridized carbons (Fsp3) is 0.800. The van der Waals surface area contributed by atoms with E-state index in [1.807, 2.05) is 20.8 Å². The van der Waals surface area contributed by atoms with Crippen LogP contribution in [-0.4, -0.2) is 46.0 Å². The van der Waals surface area contributed by atoms with Crippen LogP contribution in [0.1, 0.15) is 27.2 Å². The lowest BCUT2D eigenvalue weighted by atomic mass is 10.1. The van der Waals surface area contributed by atoms with Gasteiger partial charge in [0.05, 0.1) is 0 Å². The van der Waals surface area contributed by atoms with E-state index in [1.54, 1.807) is 11.8 Å². The van der Waals surface area contributed by atoms with Gasteiger partial charge in [0, 0.05) is 6.04 Å². The van der Waals surface area contributed by atoms with E-state index in [-0.39, 0.29) is 6.04 Å². The Hall–Kier alpha value is -0.710. The first-order valence-electron chi connectivity index (χ1n) is 5.07. The molecule has 0 aromatic rings. The minimum absolute atomic E-state index is 0.0739. The average molecular weight is 233 g/mol. The van der Waals surface area contributed by atoms with Gasteiger partial charge in [0.2, 0.25) is 6.41 Å². The van der Waals surface area contributed by atoms with E-state index in [4.69, 9.17) is 5.11 Å². The van der Waals surface area contributed by atoms with Crippen LogP contribution in [0, 0.1) is 0 Å². The first-order chi connectivity index (χ1) is 7.04. The van der Waals surface area contributed by atoms with Crippen LogP contribution in [0.4, 0.5) is 0 Å². The molecule has 0 aliphatic heterocycles. The molecule has 0 aromatic carbocycles. The highest BCUT2D eigenvalue weighted by molar-refractivity contribution is 7.99. The lowest BCUT2D eigenvalue weighted by Crippen LogP contribution is -2.44. The monoisotopic (exact) mass is 233 g/mol. The number of thioether (sulfide) groups is 1. The van der Waals surface area contributed by atoms with Crippen LogP contribution in [0.15, 0.2) is 0 Å². The number of nitrogens with zero attached hydrogens (tertiary/aromatic N) is 1. The van der Waals surface area contributed by atoms with Gasteiger partial charge in [-0.3, -0.25) is 4.79 Å². The summed E-state index contributed by atoms with van der Waals surface area (Å²) in [4.78, 5) is 23.1. The second kappa shape index (κ2) is 7.56. The van der Waals surface area contributed by atoms with Crippen molar-refractivity contribution in [2.24, 2.45) is 0 Å². The molecule has 1 atom stereocenters. The summed E-state index contributed by atoms with van der Waals surface area (Å²) in [5.41, 5.74) is 0. The molecule has 0 fully saturated rings. The SMILES string of the molecule is CCSCCC(C(=O)O)N(C=O)C(C)C. The smallest absolute Gasteiger partial charge is 0.326 e. The van der Waals surface area contributed by atoms with Crippen LogP contribution in [0.25, 0.3) is 0 Å². The Balaban J connectivity index is 4.35. The zero-order valence-electron chi connectivity index (χ0n) is 9.47. The summed E-state index contributed by atoms with van der Waals surface area (Å²) in [5.74, 6) is 0.812.